The Bertz CT molecular complexity index is 1420. The average Bonchev–Trinajstić information content (AvgIpc) is 2.75. The fourth-order valence-electron chi connectivity index (χ4n) is 2.68. The predicted molar refractivity (Wildman–Crippen MR) is 127 cm³/mol. The number of thiocarbonyl (C=S) groups is 1. The number of hydrogen-bond donors (Lipinski definition) is 3. The normalized spacial score (nSPS) is 11.5. The van der Waals surface area contributed by atoms with Crippen LogP contribution in [0.1, 0.15) is 10.4 Å². The molecule has 3 aromatic rings. The molecule has 12 heteroatoms. The van der Waals surface area contributed by atoms with Crippen LogP contribution in [0.15, 0.2) is 82.6 Å². The van der Waals surface area contributed by atoms with Gasteiger partial charge in [0, 0.05) is 17.5 Å². The second kappa shape index (κ2) is 9.65. The van der Waals surface area contributed by atoms with Crippen LogP contribution >= 0.6 is 12.2 Å². The molecular weight excluding hydrogens is 489 g/mol. The maximum absolute atomic E-state index is 13.8. The van der Waals surface area contributed by atoms with Crippen molar-refractivity contribution >= 4 is 54.5 Å². The van der Waals surface area contributed by atoms with Gasteiger partial charge in [-0.2, -0.15) is 0 Å². The number of sulfone groups is 1. The lowest BCUT2D eigenvalue weighted by Gasteiger charge is -2.12. The van der Waals surface area contributed by atoms with Crippen LogP contribution in [-0.4, -0.2) is 34.1 Å². The largest absolute Gasteiger partial charge is 0.332 e. The monoisotopic (exact) mass is 507 g/mol. The first-order valence-corrected chi connectivity index (χ1v) is 13.0. The lowest BCUT2D eigenvalue weighted by Crippen LogP contribution is -2.34. The van der Waals surface area contributed by atoms with Gasteiger partial charge in [0.1, 0.15) is 5.82 Å². The number of benzene rings is 3. The van der Waals surface area contributed by atoms with E-state index in [0.717, 1.165) is 12.3 Å². The summed E-state index contributed by atoms with van der Waals surface area (Å²) < 4.78 is 64.2. The van der Waals surface area contributed by atoms with E-state index in [9.17, 15) is 26.0 Å². The van der Waals surface area contributed by atoms with Gasteiger partial charge >= 0.3 is 0 Å². The third-order valence-corrected chi connectivity index (χ3v) is 6.99. The van der Waals surface area contributed by atoms with Crippen LogP contribution in [0.25, 0.3) is 0 Å². The molecule has 0 unspecified atom stereocenters. The summed E-state index contributed by atoms with van der Waals surface area (Å²) in [6.45, 7) is 0. The van der Waals surface area contributed by atoms with E-state index < -0.39 is 31.6 Å². The van der Waals surface area contributed by atoms with Gasteiger partial charge in [-0.15, -0.1) is 0 Å². The number of rotatable bonds is 6. The smallest absolute Gasteiger partial charge is 0.262 e. The number of halogens is 1. The van der Waals surface area contributed by atoms with Gasteiger partial charge in [-0.1, -0.05) is 18.2 Å². The molecule has 0 aliphatic heterocycles. The number of amides is 1. The van der Waals surface area contributed by atoms with Gasteiger partial charge in [0.15, 0.2) is 14.9 Å². The molecular formula is C21H18FN3O5S3. The van der Waals surface area contributed by atoms with Crippen LogP contribution in [0.3, 0.4) is 0 Å². The molecule has 1 amide bonds. The summed E-state index contributed by atoms with van der Waals surface area (Å²) in [5.41, 5.74) is 0.252. The number of carbonyl (C=O) groups is 1. The van der Waals surface area contributed by atoms with Crippen molar-refractivity contribution in [2.24, 2.45) is 0 Å². The molecule has 0 aliphatic carbocycles. The summed E-state index contributed by atoms with van der Waals surface area (Å²) in [6.07, 6.45) is 1.06. The Kier molecular flexibility index (Phi) is 7.10. The highest BCUT2D eigenvalue weighted by Gasteiger charge is 2.17. The topological polar surface area (TPSA) is 121 Å². The summed E-state index contributed by atoms with van der Waals surface area (Å²) in [4.78, 5) is 12.3. The molecule has 33 heavy (non-hydrogen) atoms. The highest BCUT2D eigenvalue weighted by Crippen LogP contribution is 2.21. The Morgan fingerprint density at radius 3 is 2.18 bits per heavy atom. The molecule has 0 aromatic heterocycles. The molecule has 0 fully saturated rings. The first-order valence-electron chi connectivity index (χ1n) is 9.25. The van der Waals surface area contributed by atoms with Crippen LogP contribution in [0.4, 0.5) is 15.8 Å². The van der Waals surface area contributed by atoms with Crippen LogP contribution in [0.2, 0.25) is 0 Å². The Hall–Kier alpha value is -3.35. The van der Waals surface area contributed by atoms with E-state index >= 15 is 0 Å². The molecule has 3 N–H and O–H groups in total. The second-order valence-corrected chi connectivity index (χ2v) is 10.9. The molecule has 0 spiro atoms. The van der Waals surface area contributed by atoms with E-state index in [1.807, 2.05) is 0 Å². The van der Waals surface area contributed by atoms with E-state index in [-0.39, 0.29) is 31.8 Å². The van der Waals surface area contributed by atoms with E-state index in [1.165, 1.54) is 66.7 Å². The summed E-state index contributed by atoms with van der Waals surface area (Å²) >= 11 is 5.10. The van der Waals surface area contributed by atoms with Crippen LogP contribution in [-0.2, 0) is 19.9 Å². The van der Waals surface area contributed by atoms with Crippen LogP contribution in [0, 0.1) is 5.82 Å². The minimum absolute atomic E-state index is 0.0711. The number of anilines is 2. The predicted octanol–water partition coefficient (Wildman–Crippen LogP) is 3.16. The zero-order valence-electron chi connectivity index (χ0n) is 17.1. The summed E-state index contributed by atoms with van der Waals surface area (Å²) in [5.74, 6) is -1.30. The Morgan fingerprint density at radius 1 is 0.879 bits per heavy atom. The standard InChI is InChI=1S/C21H18FN3O5S3/c1-32(27,28)16-11-9-14(10-12-16)20(26)24-21(31)23-15-5-4-6-17(13-15)33(29,30)25-19-8-3-2-7-18(19)22/h2-13,25H,1H3,(H2,23,24,26,31). The van der Waals surface area contributed by atoms with Crippen molar-refractivity contribution in [1.29, 1.82) is 0 Å². The number of sulfonamides is 1. The van der Waals surface area contributed by atoms with Gasteiger partial charge in [0.05, 0.1) is 15.5 Å². The zero-order valence-corrected chi connectivity index (χ0v) is 19.5. The minimum atomic E-state index is -4.09. The van der Waals surface area contributed by atoms with Crippen molar-refractivity contribution in [3.63, 3.8) is 0 Å². The Balaban J connectivity index is 1.69. The van der Waals surface area contributed by atoms with Crippen LogP contribution in [0.5, 0.6) is 0 Å². The van der Waals surface area contributed by atoms with Crippen molar-refractivity contribution in [2.45, 2.75) is 9.79 Å². The van der Waals surface area contributed by atoms with Crippen molar-refractivity contribution in [1.82, 2.24) is 5.32 Å². The van der Waals surface area contributed by atoms with Gasteiger partial charge in [0.2, 0.25) is 0 Å². The maximum Gasteiger partial charge on any atom is 0.262 e. The molecule has 0 radical (unpaired) electrons. The molecule has 0 atom stereocenters. The number of carbonyl (C=O) groups excluding carboxylic acids is 1. The zero-order chi connectivity index (χ0) is 24.2. The fraction of sp³-hybridized carbons (Fsp3) is 0.0476. The van der Waals surface area contributed by atoms with Gasteiger partial charge in [-0.25, -0.2) is 21.2 Å². The summed E-state index contributed by atoms with van der Waals surface area (Å²) in [6, 6.07) is 16.2. The van der Waals surface area contributed by atoms with Gasteiger partial charge in [0.25, 0.3) is 15.9 Å². The number of nitrogens with one attached hydrogen (secondary N) is 3. The molecule has 0 heterocycles. The van der Waals surface area contributed by atoms with Gasteiger partial charge in [-0.3, -0.25) is 14.8 Å². The molecule has 0 bridgehead atoms. The number of hydrogen-bond acceptors (Lipinski definition) is 6. The molecule has 172 valence electrons. The van der Waals surface area contributed by atoms with Crippen molar-refractivity contribution < 1.29 is 26.0 Å². The highest BCUT2D eigenvalue weighted by molar-refractivity contribution is 7.92. The van der Waals surface area contributed by atoms with Crippen molar-refractivity contribution in [3.05, 3.63) is 84.2 Å². The average molecular weight is 508 g/mol. The molecule has 0 saturated carbocycles. The molecule has 3 aromatic carbocycles. The Labute approximate surface area is 195 Å². The van der Waals surface area contributed by atoms with Crippen LogP contribution < -0.4 is 15.4 Å². The molecule has 0 saturated heterocycles. The van der Waals surface area contributed by atoms with Gasteiger partial charge in [-0.05, 0) is 66.8 Å². The maximum atomic E-state index is 13.8. The Morgan fingerprint density at radius 2 is 1.55 bits per heavy atom. The SMILES string of the molecule is CS(=O)(=O)c1ccc(C(=O)NC(=S)Nc2cccc(S(=O)(=O)Nc3ccccc3F)c2)cc1. The summed E-state index contributed by atoms with van der Waals surface area (Å²) in [5, 5.41) is 5.02. The van der Waals surface area contributed by atoms with Gasteiger partial charge < -0.3 is 5.32 Å². The molecule has 3 rings (SSSR count). The van der Waals surface area contributed by atoms with E-state index in [1.54, 1.807) is 0 Å². The lowest BCUT2D eigenvalue weighted by molar-refractivity contribution is 0.0977. The molecule has 8 nitrogen and oxygen atoms in total. The third kappa shape index (κ3) is 6.34. The lowest BCUT2D eigenvalue weighted by atomic mass is 10.2. The van der Waals surface area contributed by atoms with E-state index in [2.05, 4.69) is 15.4 Å². The molecule has 0 aliphatic rings. The minimum Gasteiger partial charge on any atom is -0.332 e. The van der Waals surface area contributed by atoms with E-state index in [4.69, 9.17) is 12.2 Å². The van der Waals surface area contributed by atoms with Crippen molar-refractivity contribution in [2.75, 3.05) is 16.3 Å². The fourth-order valence-corrected chi connectivity index (χ4v) is 4.63. The van der Waals surface area contributed by atoms with Crippen molar-refractivity contribution in [3.8, 4) is 0 Å². The summed E-state index contributed by atoms with van der Waals surface area (Å²) in [7, 11) is -7.48. The third-order valence-electron chi connectivity index (χ3n) is 4.29. The highest BCUT2D eigenvalue weighted by atomic mass is 32.2. The second-order valence-electron chi connectivity index (χ2n) is 6.82. The first kappa shape index (κ1) is 24.3. The quantitative estimate of drug-likeness (QED) is 0.438. The number of para-hydroxylation sites is 1. The van der Waals surface area contributed by atoms with E-state index in [0.29, 0.717) is 0 Å². The first-order chi connectivity index (χ1) is 15.5.